The van der Waals surface area contributed by atoms with Crippen molar-refractivity contribution in [3.05, 3.63) is 53.6 Å². The summed E-state index contributed by atoms with van der Waals surface area (Å²) in [6.45, 7) is 1.67. The monoisotopic (exact) mass is 374 g/mol. The molecule has 8 heteroatoms. The standard InChI is InChI=1S/C18H18N2O5S/c1-11-7-8-12(26(2,23)24)9-13(11)18(22)20-10-16(17(19)21)25-15-6-4-3-5-14(15)20/h3-9,16H,10H2,1-2H3,(H2,19,21)/t16-/m0/s1. The number of hydrogen-bond donors (Lipinski definition) is 1. The normalized spacial score (nSPS) is 16.5. The van der Waals surface area contributed by atoms with E-state index in [1.54, 1.807) is 37.3 Å². The number of nitrogens with zero attached hydrogens (tertiary/aromatic N) is 1. The van der Waals surface area contributed by atoms with Gasteiger partial charge in [-0.25, -0.2) is 8.42 Å². The number of nitrogens with two attached hydrogens (primary N) is 1. The summed E-state index contributed by atoms with van der Waals surface area (Å²) in [4.78, 5) is 26.2. The van der Waals surface area contributed by atoms with Crippen molar-refractivity contribution in [2.75, 3.05) is 17.7 Å². The minimum atomic E-state index is -3.46. The van der Waals surface area contributed by atoms with Crippen LogP contribution in [0.2, 0.25) is 0 Å². The van der Waals surface area contributed by atoms with E-state index in [9.17, 15) is 18.0 Å². The largest absolute Gasteiger partial charge is 0.477 e. The summed E-state index contributed by atoms with van der Waals surface area (Å²) in [5.74, 6) is -0.735. The number of anilines is 1. The maximum Gasteiger partial charge on any atom is 0.260 e. The molecule has 0 saturated carbocycles. The fourth-order valence-corrected chi connectivity index (χ4v) is 3.43. The van der Waals surface area contributed by atoms with Crippen molar-refractivity contribution in [1.82, 2.24) is 0 Å². The van der Waals surface area contributed by atoms with Crippen molar-refractivity contribution in [3.63, 3.8) is 0 Å². The zero-order valence-corrected chi connectivity index (χ0v) is 15.1. The molecule has 7 nitrogen and oxygen atoms in total. The lowest BCUT2D eigenvalue weighted by molar-refractivity contribution is -0.124. The highest BCUT2D eigenvalue weighted by Crippen LogP contribution is 2.34. The van der Waals surface area contributed by atoms with Gasteiger partial charge in [-0.1, -0.05) is 18.2 Å². The highest BCUT2D eigenvalue weighted by Gasteiger charge is 2.33. The van der Waals surface area contributed by atoms with Crippen LogP contribution in [-0.2, 0) is 14.6 Å². The van der Waals surface area contributed by atoms with Crippen LogP contribution in [0.5, 0.6) is 5.75 Å². The van der Waals surface area contributed by atoms with E-state index in [4.69, 9.17) is 10.5 Å². The maximum absolute atomic E-state index is 13.2. The van der Waals surface area contributed by atoms with Gasteiger partial charge >= 0.3 is 0 Å². The molecule has 2 aromatic rings. The van der Waals surface area contributed by atoms with Gasteiger partial charge in [0.2, 0.25) is 0 Å². The van der Waals surface area contributed by atoms with Crippen LogP contribution in [0.3, 0.4) is 0 Å². The van der Waals surface area contributed by atoms with E-state index >= 15 is 0 Å². The molecule has 1 heterocycles. The Morgan fingerprint density at radius 3 is 2.54 bits per heavy atom. The number of rotatable bonds is 3. The summed E-state index contributed by atoms with van der Waals surface area (Å²) < 4.78 is 29.2. The van der Waals surface area contributed by atoms with Gasteiger partial charge in [0.15, 0.2) is 15.9 Å². The number of aryl methyl sites for hydroxylation is 1. The summed E-state index contributed by atoms with van der Waals surface area (Å²) in [5, 5.41) is 0. The van der Waals surface area contributed by atoms with E-state index in [0.717, 1.165) is 6.26 Å². The Morgan fingerprint density at radius 1 is 1.19 bits per heavy atom. The van der Waals surface area contributed by atoms with Crippen molar-refractivity contribution in [1.29, 1.82) is 0 Å². The predicted octanol–water partition coefficient (Wildman–Crippen LogP) is 1.29. The van der Waals surface area contributed by atoms with Crippen molar-refractivity contribution in [2.45, 2.75) is 17.9 Å². The maximum atomic E-state index is 13.2. The summed E-state index contributed by atoms with van der Waals surface area (Å²) in [5.41, 5.74) is 6.72. The third-order valence-electron chi connectivity index (χ3n) is 4.20. The second kappa shape index (κ2) is 6.45. The molecular weight excluding hydrogens is 356 g/mol. The predicted molar refractivity (Wildman–Crippen MR) is 96.0 cm³/mol. The molecule has 2 N–H and O–H groups in total. The van der Waals surface area contributed by atoms with Crippen LogP contribution >= 0.6 is 0 Å². The fraction of sp³-hybridized carbons (Fsp3) is 0.222. The van der Waals surface area contributed by atoms with Gasteiger partial charge in [-0.2, -0.15) is 0 Å². The second-order valence-corrected chi connectivity index (χ2v) is 8.16. The molecular formula is C18H18N2O5S. The molecule has 0 saturated heterocycles. The number of primary amides is 1. The van der Waals surface area contributed by atoms with E-state index in [1.807, 2.05) is 0 Å². The molecule has 0 aromatic heterocycles. The third-order valence-corrected chi connectivity index (χ3v) is 5.31. The van der Waals surface area contributed by atoms with Crippen LogP contribution in [0.1, 0.15) is 15.9 Å². The molecule has 0 bridgehead atoms. The molecule has 2 amide bonds. The number of sulfone groups is 1. The molecule has 0 spiro atoms. The van der Waals surface area contributed by atoms with Crippen molar-refractivity contribution < 1.29 is 22.7 Å². The molecule has 26 heavy (non-hydrogen) atoms. The minimum Gasteiger partial charge on any atom is -0.477 e. The van der Waals surface area contributed by atoms with Crippen LogP contribution in [0, 0.1) is 6.92 Å². The Kier molecular flexibility index (Phi) is 4.45. The summed E-state index contributed by atoms with van der Waals surface area (Å²) in [6, 6.07) is 11.2. The Bertz CT molecular complexity index is 1000. The van der Waals surface area contributed by atoms with Gasteiger partial charge < -0.3 is 15.4 Å². The van der Waals surface area contributed by atoms with Gasteiger partial charge in [0.25, 0.3) is 11.8 Å². The molecule has 1 aliphatic heterocycles. The Morgan fingerprint density at radius 2 is 1.88 bits per heavy atom. The van der Waals surface area contributed by atoms with Gasteiger partial charge in [-0.05, 0) is 36.8 Å². The first-order valence-electron chi connectivity index (χ1n) is 7.86. The zero-order chi connectivity index (χ0) is 19.1. The molecule has 0 fully saturated rings. The summed E-state index contributed by atoms with van der Waals surface area (Å²) in [6.07, 6.45) is 0.103. The molecule has 2 aromatic carbocycles. The van der Waals surface area contributed by atoms with Crippen LogP contribution in [-0.4, -0.2) is 39.1 Å². The zero-order valence-electron chi connectivity index (χ0n) is 14.3. The molecule has 0 radical (unpaired) electrons. The average molecular weight is 374 g/mol. The van der Waals surface area contributed by atoms with Crippen LogP contribution in [0.15, 0.2) is 47.4 Å². The molecule has 3 rings (SSSR count). The van der Waals surface area contributed by atoms with Gasteiger partial charge in [0.1, 0.15) is 5.75 Å². The Hall–Kier alpha value is -2.87. The topological polar surface area (TPSA) is 107 Å². The molecule has 1 aliphatic rings. The fourth-order valence-electron chi connectivity index (χ4n) is 2.78. The minimum absolute atomic E-state index is 0.0479. The first kappa shape index (κ1) is 17.9. The van der Waals surface area contributed by atoms with Gasteiger partial charge in [-0.15, -0.1) is 0 Å². The van der Waals surface area contributed by atoms with Crippen LogP contribution in [0.4, 0.5) is 5.69 Å². The van der Waals surface area contributed by atoms with E-state index in [0.29, 0.717) is 17.0 Å². The summed E-state index contributed by atoms with van der Waals surface area (Å²) in [7, 11) is -3.46. The molecule has 136 valence electrons. The lowest BCUT2D eigenvalue weighted by Crippen LogP contribution is -2.49. The van der Waals surface area contributed by atoms with E-state index in [2.05, 4.69) is 0 Å². The Balaban J connectivity index is 2.08. The number of ether oxygens (including phenoxy) is 1. The summed E-state index contributed by atoms with van der Waals surface area (Å²) >= 11 is 0. The lowest BCUT2D eigenvalue weighted by Gasteiger charge is -2.33. The molecule has 1 atom stereocenters. The van der Waals surface area contributed by atoms with Gasteiger partial charge in [0.05, 0.1) is 17.1 Å². The van der Waals surface area contributed by atoms with Crippen molar-refractivity contribution in [3.8, 4) is 5.75 Å². The molecule has 0 aliphatic carbocycles. The van der Waals surface area contributed by atoms with Crippen molar-refractivity contribution in [2.24, 2.45) is 5.73 Å². The smallest absolute Gasteiger partial charge is 0.260 e. The second-order valence-electron chi connectivity index (χ2n) is 6.14. The Labute approximate surface area is 151 Å². The number of para-hydroxylation sites is 2. The molecule has 0 unspecified atom stereocenters. The number of hydrogen-bond acceptors (Lipinski definition) is 5. The highest BCUT2D eigenvalue weighted by atomic mass is 32.2. The van der Waals surface area contributed by atoms with Crippen molar-refractivity contribution >= 4 is 27.3 Å². The van der Waals surface area contributed by atoms with E-state index < -0.39 is 27.8 Å². The average Bonchev–Trinajstić information content (AvgIpc) is 2.59. The van der Waals surface area contributed by atoms with E-state index in [1.165, 1.54) is 17.0 Å². The number of carbonyl (C=O) groups is 2. The van der Waals surface area contributed by atoms with Crippen LogP contribution in [0.25, 0.3) is 0 Å². The lowest BCUT2D eigenvalue weighted by atomic mass is 10.1. The number of amides is 2. The number of benzene rings is 2. The quantitative estimate of drug-likeness (QED) is 0.871. The number of carbonyl (C=O) groups excluding carboxylic acids is 2. The third kappa shape index (κ3) is 3.28. The highest BCUT2D eigenvalue weighted by molar-refractivity contribution is 7.90. The number of fused-ring (bicyclic) bond motifs is 1. The van der Waals surface area contributed by atoms with Gasteiger partial charge in [0, 0.05) is 11.8 Å². The first-order chi connectivity index (χ1) is 12.2. The SMILES string of the molecule is Cc1ccc(S(C)(=O)=O)cc1C(=O)N1C[C@@H](C(N)=O)Oc2ccccc21. The van der Waals surface area contributed by atoms with E-state index in [-0.39, 0.29) is 17.0 Å². The van der Waals surface area contributed by atoms with Crippen LogP contribution < -0.4 is 15.4 Å². The van der Waals surface area contributed by atoms with Gasteiger partial charge in [-0.3, -0.25) is 9.59 Å². The first-order valence-corrected chi connectivity index (χ1v) is 9.75.